The lowest BCUT2D eigenvalue weighted by atomic mass is 10.00. The van der Waals surface area contributed by atoms with Gasteiger partial charge in [-0.3, -0.25) is 0 Å². The molecule has 0 radical (unpaired) electrons. The van der Waals surface area contributed by atoms with Crippen LogP contribution in [0, 0.1) is 11.8 Å². The van der Waals surface area contributed by atoms with E-state index in [1.54, 1.807) is 0 Å². The summed E-state index contributed by atoms with van der Waals surface area (Å²) in [6.45, 7) is 3.63. The Labute approximate surface area is 97.7 Å². The van der Waals surface area contributed by atoms with Crippen LogP contribution in [-0.4, -0.2) is 46.2 Å². The van der Waals surface area contributed by atoms with Crippen LogP contribution >= 0.6 is 0 Å². The third-order valence-corrected chi connectivity index (χ3v) is 5.37. The Balaban J connectivity index is 1.61. The highest BCUT2D eigenvalue weighted by Crippen LogP contribution is 2.18. The molecule has 0 bridgehead atoms. The Morgan fingerprint density at radius 3 is 2.38 bits per heavy atom. The summed E-state index contributed by atoms with van der Waals surface area (Å²) in [5.74, 6) is 1.82. The van der Waals surface area contributed by atoms with E-state index in [1.165, 1.54) is 0 Å². The number of ether oxygens (including phenoxy) is 1. The van der Waals surface area contributed by atoms with Crippen molar-refractivity contribution in [2.45, 2.75) is 19.3 Å². The van der Waals surface area contributed by atoms with E-state index in [0.29, 0.717) is 23.3 Å². The van der Waals surface area contributed by atoms with Gasteiger partial charge in [0, 0.05) is 13.2 Å². The number of sulfone groups is 1. The third kappa shape index (κ3) is 3.71. The number of hydrogen-bond donors (Lipinski definition) is 1. The van der Waals surface area contributed by atoms with Crippen LogP contribution in [0.5, 0.6) is 0 Å². The first-order valence-electron chi connectivity index (χ1n) is 6.14. The van der Waals surface area contributed by atoms with Gasteiger partial charge in [-0.15, -0.1) is 0 Å². The molecule has 2 aliphatic heterocycles. The lowest BCUT2D eigenvalue weighted by Crippen LogP contribution is -2.31. The van der Waals surface area contributed by atoms with Gasteiger partial charge in [-0.05, 0) is 44.2 Å². The molecule has 2 aliphatic rings. The van der Waals surface area contributed by atoms with Gasteiger partial charge in [-0.2, -0.15) is 0 Å². The number of hydrogen-bond acceptors (Lipinski definition) is 4. The number of rotatable bonds is 4. The molecule has 5 heteroatoms. The lowest BCUT2D eigenvalue weighted by Gasteiger charge is -2.22. The second-order valence-electron chi connectivity index (χ2n) is 4.98. The summed E-state index contributed by atoms with van der Waals surface area (Å²) >= 11 is 0. The molecule has 0 aromatic carbocycles. The first kappa shape index (κ1) is 12.3. The minimum Gasteiger partial charge on any atom is -0.381 e. The summed E-state index contributed by atoms with van der Waals surface area (Å²) in [7, 11) is -2.71. The lowest BCUT2D eigenvalue weighted by molar-refractivity contribution is 0.0661. The quantitative estimate of drug-likeness (QED) is 0.783. The maximum absolute atomic E-state index is 11.3. The Kier molecular flexibility index (Phi) is 4.21. The summed E-state index contributed by atoms with van der Waals surface area (Å²) in [4.78, 5) is 0. The fraction of sp³-hybridized carbons (Fsp3) is 1.00. The van der Waals surface area contributed by atoms with E-state index in [0.717, 1.165) is 45.6 Å². The van der Waals surface area contributed by atoms with Crippen molar-refractivity contribution >= 4 is 9.84 Å². The minimum absolute atomic E-state index is 0.338. The highest BCUT2D eigenvalue weighted by Gasteiger charge is 2.27. The topological polar surface area (TPSA) is 55.4 Å². The first-order chi connectivity index (χ1) is 7.66. The summed E-state index contributed by atoms with van der Waals surface area (Å²) in [6, 6.07) is 0. The van der Waals surface area contributed by atoms with E-state index in [-0.39, 0.29) is 0 Å². The van der Waals surface area contributed by atoms with Gasteiger partial charge in [-0.1, -0.05) is 0 Å². The van der Waals surface area contributed by atoms with Gasteiger partial charge < -0.3 is 10.1 Å². The molecule has 0 amide bonds. The molecule has 0 spiro atoms. The molecule has 94 valence electrons. The standard InChI is InChI=1S/C11H21NO3S/c13-16(14)6-3-11(9-16)8-12-7-10-1-4-15-5-2-10/h10-12H,1-9H2. The molecule has 2 rings (SSSR count). The fourth-order valence-corrected chi connectivity index (χ4v) is 4.34. The minimum atomic E-state index is -2.71. The Bertz CT molecular complexity index is 309. The van der Waals surface area contributed by atoms with Crippen LogP contribution in [-0.2, 0) is 14.6 Å². The van der Waals surface area contributed by atoms with Crippen molar-refractivity contribution in [2.75, 3.05) is 37.8 Å². The van der Waals surface area contributed by atoms with E-state index in [1.807, 2.05) is 0 Å². The maximum Gasteiger partial charge on any atom is 0.150 e. The Morgan fingerprint density at radius 1 is 1.06 bits per heavy atom. The molecule has 1 N–H and O–H groups in total. The first-order valence-corrected chi connectivity index (χ1v) is 7.97. The molecule has 1 atom stereocenters. The van der Waals surface area contributed by atoms with Crippen LogP contribution < -0.4 is 5.32 Å². The Morgan fingerprint density at radius 2 is 1.75 bits per heavy atom. The third-order valence-electron chi connectivity index (χ3n) is 3.53. The van der Waals surface area contributed by atoms with Crippen LogP contribution in [0.2, 0.25) is 0 Å². The van der Waals surface area contributed by atoms with Crippen molar-refractivity contribution in [2.24, 2.45) is 11.8 Å². The molecule has 0 aromatic rings. The van der Waals surface area contributed by atoms with Gasteiger partial charge in [0.15, 0.2) is 9.84 Å². The van der Waals surface area contributed by atoms with Crippen LogP contribution in [0.1, 0.15) is 19.3 Å². The molecule has 16 heavy (non-hydrogen) atoms. The average Bonchev–Trinajstić information content (AvgIpc) is 2.60. The zero-order valence-electron chi connectivity index (χ0n) is 9.65. The van der Waals surface area contributed by atoms with E-state index in [4.69, 9.17) is 4.74 Å². The molecule has 0 aliphatic carbocycles. The van der Waals surface area contributed by atoms with E-state index < -0.39 is 9.84 Å². The van der Waals surface area contributed by atoms with Gasteiger partial charge in [-0.25, -0.2) is 8.42 Å². The molecule has 0 aromatic heterocycles. The molecule has 4 nitrogen and oxygen atoms in total. The van der Waals surface area contributed by atoms with Crippen molar-refractivity contribution in [3.8, 4) is 0 Å². The van der Waals surface area contributed by atoms with Crippen molar-refractivity contribution in [3.63, 3.8) is 0 Å². The van der Waals surface area contributed by atoms with Gasteiger partial charge in [0.25, 0.3) is 0 Å². The SMILES string of the molecule is O=S1(=O)CCC(CNCC2CCOCC2)C1. The van der Waals surface area contributed by atoms with Crippen molar-refractivity contribution in [3.05, 3.63) is 0 Å². The highest BCUT2D eigenvalue weighted by molar-refractivity contribution is 7.91. The molecule has 0 saturated carbocycles. The summed E-state index contributed by atoms with van der Waals surface area (Å²) in [5, 5.41) is 3.41. The fourth-order valence-electron chi connectivity index (χ4n) is 2.48. The van der Waals surface area contributed by atoms with Crippen molar-refractivity contribution < 1.29 is 13.2 Å². The molecule has 1 unspecified atom stereocenters. The smallest absolute Gasteiger partial charge is 0.150 e. The number of nitrogens with one attached hydrogen (secondary N) is 1. The zero-order chi connectivity index (χ0) is 11.4. The van der Waals surface area contributed by atoms with Crippen LogP contribution in [0.25, 0.3) is 0 Å². The van der Waals surface area contributed by atoms with Gasteiger partial charge in [0.1, 0.15) is 0 Å². The zero-order valence-corrected chi connectivity index (χ0v) is 10.5. The molecule has 2 saturated heterocycles. The van der Waals surface area contributed by atoms with Gasteiger partial charge in [0.2, 0.25) is 0 Å². The second kappa shape index (κ2) is 5.47. The maximum atomic E-state index is 11.3. The molecule has 2 fully saturated rings. The normalized spacial score (nSPS) is 30.6. The highest BCUT2D eigenvalue weighted by atomic mass is 32.2. The van der Waals surface area contributed by atoms with Crippen LogP contribution in [0.3, 0.4) is 0 Å². The molecule has 2 heterocycles. The molecular weight excluding hydrogens is 226 g/mol. The largest absolute Gasteiger partial charge is 0.381 e. The summed E-state index contributed by atoms with van der Waals surface area (Å²) < 4.78 is 27.8. The average molecular weight is 247 g/mol. The molecular formula is C11H21NO3S. The predicted molar refractivity (Wildman–Crippen MR) is 63.2 cm³/mol. The van der Waals surface area contributed by atoms with Crippen LogP contribution in [0.4, 0.5) is 0 Å². The van der Waals surface area contributed by atoms with Crippen molar-refractivity contribution in [1.29, 1.82) is 0 Å². The van der Waals surface area contributed by atoms with E-state index in [2.05, 4.69) is 5.32 Å². The predicted octanol–water partition coefficient (Wildman–Crippen LogP) is 0.437. The van der Waals surface area contributed by atoms with Crippen LogP contribution in [0.15, 0.2) is 0 Å². The van der Waals surface area contributed by atoms with Crippen molar-refractivity contribution in [1.82, 2.24) is 5.32 Å². The van der Waals surface area contributed by atoms with Gasteiger partial charge >= 0.3 is 0 Å². The summed E-state index contributed by atoms with van der Waals surface area (Å²) in [5.41, 5.74) is 0. The van der Waals surface area contributed by atoms with E-state index >= 15 is 0 Å². The van der Waals surface area contributed by atoms with Gasteiger partial charge in [0.05, 0.1) is 11.5 Å². The van der Waals surface area contributed by atoms with E-state index in [9.17, 15) is 8.42 Å². The monoisotopic (exact) mass is 247 g/mol. The summed E-state index contributed by atoms with van der Waals surface area (Å²) in [6.07, 6.45) is 3.11. The second-order valence-corrected chi connectivity index (χ2v) is 7.21. The Hall–Kier alpha value is -0.130.